The van der Waals surface area contributed by atoms with Crippen LogP contribution in [0.25, 0.3) is 0 Å². The molecule has 2 heteroatoms. The lowest BCUT2D eigenvalue weighted by Gasteiger charge is -2.15. The Morgan fingerprint density at radius 1 is 1.78 bits per heavy atom. The molecule has 0 aromatic rings. The van der Waals surface area contributed by atoms with E-state index in [-0.39, 0.29) is 6.10 Å². The fourth-order valence-electron chi connectivity index (χ4n) is 1.32. The summed E-state index contributed by atoms with van der Waals surface area (Å²) in [5.41, 5.74) is 0. The third-order valence-electron chi connectivity index (χ3n) is 1.98. The Morgan fingerprint density at radius 3 is 3.00 bits per heavy atom. The van der Waals surface area contributed by atoms with Gasteiger partial charge in [-0.1, -0.05) is 6.92 Å². The number of hydrogen-bond acceptors (Lipinski definition) is 2. The minimum atomic E-state index is -0.118. The third kappa shape index (κ3) is 1.66. The summed E-state index contributed by atoms with van der Waals surface area (Å²) in [5.74, 6) is 0. The molecule has 0 saturated carbocycles. The fraction of sp³-hybridized carbons (Fsp3) is 1.00. The summed E-state index contributed by atoms with van der Waals surface area (Å²) in [6.07, 6.45) is 3.13. The number of aliphatic hydroxyl groups is 1. The first-order valence-corrected chi connectivity index (χ1v) is 3.76. The van der Waals surface area contributed by atoms with Crippen molar-refractivity contribution in [3.05, 3.63) is 0 Å². The highest BCUT2D eigenvalue weighted by atomic mass is 16.3. The molecule has 1 unspecified atom stereocenters. The molecule has 0 spiro atoms. The van der Waals surface area contributed by atoms with Crippen LogP contribution in [0.3, 0.4) is 0 Å². The van der Waals surface area contributed by atoms with Crippen LogP contribution in [0.4, 0.5) is 0 Å². The summed E-state index contributed by atoms with van der Waals surface area (Å²) >= 11 is 0. The van der Waals surface area contributed by atoms with Crippen molar-refractivity contribution in [2.45, 2.75) is 38.3 Å². The van der Waals surface area contributed by atoms with E-state index in [1.807, 2.05) is 6.92 Å². The van der Waals surface area contributed by atoms with Gasteiger partial charge in [-0.3, -0.25) is 0 Å². The number of nitrogens with one attached hydrogen (secondary N) is 1. The van der Waals surface area contributed by atoms with Crippen LogP contribution in [0.2, 0.25) is 0 Å². The Kier molecular flexibility index (Phi) is 2.49. The molecule has 0 bridgehead atoms. The van der Waals surface area contributed by atoms with Crippen LogP contribution >= 0.6 is 0 Å². The number of rotatable bonds is 2. The van der Waals surface area contributed by atoms with Crippen molar-refractivity contribution >= 4 is 0 Å². The molecule has 1 rings (SSSR count). The second-order valence-electron chi connectivity index (χ2n) is 2.68. The van der Waals surface area contributed by atoms with Gasteiger partial charge in [0.2, 0.25) is 0 Å². The van der Waals surface area contributed by atoms with Crippen molar-refractivity contribution in [3.8, 4) is 0 Å². The summed E-state index contributed by atoms with van der Waals surface area (Å²) in [6, 6.07) is 0.384. The van der Waals surface area contributed by atoms with Crippen LogP contribution in [0, 0.1) is 0 Å². The molecule has 1 saturated heterocycles. The first kappa shape index (κ1) is 7.03. The molecule has 1 fully saturated rings. The number of hydrogen-bond donors (Lipinski definition) is 2. The zero-order chi connectivity index (χ0) is 6.69. The fourth-order valence-corrected chi connectivity index (χ4v) is 1.32. The third-order valence-corrected chi connectivity index (χ3v) is 1.98. The van der Waals surface area contributed by atoms with Gasteiger partial charge in [0.1, 0.15) is 0 Å². The van der Waals surface area contributed by atoms with Crippen LogP contribution in [-0.4, -0.2) is 23.8 Å². The first-order valence-electron chi connectivity index (χ1n) is 3.76. The highest BCUT2D eigenvalue weighted by Crippen LogP contribution is 2.10. The van der Waals surface area contributed by atoms with E-state index in [4.69, 9.17) is 0 Å². The number of aliphatic hydroxyl groups excluding tert-OH is 1. The lowest BCUT2D eigenvalue weighted by molar-refractivity contribution is 0.132. The van der Waals surface area contributed by atoms with Crippen molar-refractivity contribution in [2.75, 3.05) is 6.54 Å². The van der Waals surface area contributed by atoms with Gasteiger partial charge in [-0.25, -0.2) is 0 Å². The normalized spacial score (nSPS) is 30.7. The molecular formula is C7H15NO. The van der Waals surface area contributed by atoms with Gasteiger partial charge in [0.15, 0.2) is 0 Å². The topological polar surface area (TPSA) is 32.3 Å². The molecule has 54 valence electrons. The SMILES string of the molecule is CC[C@H](O)C1CCCN1. The van der Waals surface area contributed by atoms with E-state index >= 15 is 0 Å². The van der Waals surface area contributed by atoms with Crippen LogP contribution in [0.15, 0.2) is 0 Å². The van der Waals surface area contributed by atoms with E-state index in [0.717, 1.165) is 19.4 Å². The monoisotopic (exact) mass is 129 g/mol. The molecule has 0 aromatic heterocycles. The zero-order valence-electron chi connectivity index (χ0n) is 5.93. The second-order valence-corrected chi connectivity index (χ2v) is 2.68. The molecule has 1 aliphatic rings. The molecule has 1 heterocycles. The molecule has 2 atom stereocenters. The highest BCUT2D eigenvalue weighted by molar-refractivity contribution is 4.79. The standard InChI is InChI=1S/C7H15NO/c1-2-7(9)6-4-3-5-8-6/h6-9H,2-5H2,1H3/t6?,7-/m0/s1. The van der Waals surface area contributed by atoms with Gasteiger partial charge in [0.05, 0.1) is 6.10 Å². The van der Waals surface area contributed by atoms with Gasteiger partial charge in [-0.15, -0.1) is 0 Å². The Morgan fingerprint density at radius 2 is 2.56 bits per heavy atom. The predicted octanol–water partition coefficient (Wildman–Crippen LogP) is 0.509. The smallest absolute Gasteiger partial charge is 0.0690 e. The molecule has 0 amide bonds. The predicted molar refractivity (Wildman–Crippen MR) is 37.3 cm³/mol. The molecule has 2 nitrogen and oxygen atoms in total. The van der Waals surface area contributed by atoms with Crippen LogP contribution < -0.4 is 5.32 Å². The summed E-state index contributed by atoms with van der Waals surface area (Å²) in [7, 11) is 0. The zero-order valence-corrected chi connectivity index (χ0v) is 5.93. The maximum absolute atomic E-state index is 9.30. The van der Waals surface area contributed by atoms with E-state index in [1.54, 1.807) is 0 Å². The Bertz CT molecular complexity index is 79.0. The Hall–Kier alpha value is -0.0800. The van der Waals surface area contributed by atoms with Gasteiger partial charge in [0, 0.05) is 6.04 Å². The maximum Gasteiger partial charge on any atom is 0.0690 e. The van der Waals surface area contributed by atoms with Crippen LogP contribution in [-0.2, 0) is 0 Å². The minimum absolute atomic E-state index is 0.118. The van der Waals surface area contributed by atoms with E-state index in [0.29, 0.717) is 6.04 Å². The molecule has 0 aliphatic carbocycles. The van der Waals surface area contributed by atoms with Crippen LogP contribution in [0.5, 0.6) is 0 Å². The van der Waals surface area contributed by atoms with Gasteiger partial charge in [0.25, 0.3) is 0 Å². The molecule has 0 radical (unpaired) electrons. The summed E-state index contributed by atoms with van der Waals surface area (Å²) in [4.78, 5) is 0. The maximum atomic E-state index is 9.30. The quantitative estimate of drug-likeness (QED) is 0.569. The highest BCUT2D eigenvalue weighted by Gasteiger charge is 2.20. The van der Waals surface area contributed by atoms with E-state index in [9.17, 15) is 5.11 Å². The minimum Gasteiger partial charge on any atom is -0.392 e. The summed E-state index contributed by atoms with van der Waals surface area (Å²) in [6.45, 7) is 3.10. The van der Waals surface area contributed by atoms with E-state index in [2.05, 4.69) is 5.32 Å². The lowest BCUT2D eigenvalue weighted by Crippen LogP contribution is -2.33. The van der Waals surface area contributed by atoms with E-state index in [1.165, 1.54) is 6.42 Å². The largest absolute Gasteiger partial charge is 0.392 e. The summed E-state index contributed by atoms with van der Waals surface area (Å²) < 4.78 is 0. The van der Waals surface area contributed by atoms with Crippen molar-refractivity contribution in [3.63, 3.8) is 0 Å². The van der Waals surface area contributed by atoms with Gasteiger partial charge >= 0.3 is 0 Å². The first-order chi connectivity index (χ1) is 4.34. The Balaban J connectivity index is 2.24. The van der Waals surface area contributed by atoms with Crippen molar-refractivity contribution < 1.29 is 5.11 Å². The molecule has 0 aromatic carbocycles. The van der Waals surface area contributed by atoms with Crippen molar-refractivity contribution in [2.24, 2.45) is 0 Å². The Labute approximate surface area is 56.3 Å². The van der Waals surface area contributed by atoms with Crippen molar-refractivity contribution in [1.82, 2.24) is 5.32 Å². The van der Waals surface area contributed by atoms with E-state index < -0.39 is 0 Å². The lowest BCUT2D eigenvalue weighted by atomic mass is 10.1. The van der Waals surface area contributed by atoms with Gasteiger partial charge in [-0.05, 0) is 25.8 Å². The van der Waals surface area contributed by atoms with Gasteiger partial charge < -0.3 is 10.4 Å². The molecule has 1 aliphatic heterocycles. The summed E-state index contributed by atoms with van der Waals surface area (Å²) in [5, 5.41) is 12.6. The molecule has 9 heavy (non-hydrogen) atoms. The van der Waals surface area contributed by atoms with Crippen LogP contribution in [0.1, 0.15) is 26.2 Å². The average Bonchev–Trinajstić information content (AvgIpc) is 2.37. The van der Waals surface area contributed by atoms with Gasteiger partial charge in [-0.2, -0.15) is 0 Å². The molecule has 2 N–H and O–H groups in total. The van der Waals surface area contributed by atoms with Crippen molar-refractivity contribution in [1.29, 1.82) is 0 Å². The average molecular weight is 129 g/mol. The second kappa shape index (κ2) is 3.18. The molecular weight excluding hydrogens is 114 g/mol.